The van der Waals surface area contributed by atoms with Gasteiger partial charge in [-0.2, -0.15) is 0 Å². The third kappa shape index (κ3) is 4.10. The molecule has 98 valence electrons. The number of aryl methyl sites for hydroxylation is 1. The summed E-state index contributed by atoms with van der Waals surface area (Å²) in [7, 11) is 0. The number of amides is 1. The minimum atomic E-state index is -0.0411. The molecule has 0 unspecified atom stereocenters. The Morgan fingerprint density at radius 1 is 1.50 bits per heavy atom. The molecule has 3 nitrogen and oxygen atoms in total. The van der Waals surface area contributed by atoms with Crippen LogP contribution in [0.3, 0.4) is 0 Å². The van der Waals surface area contributed by atoms with Crippen LogP contribution in [-0.2, 0) is 4.74 Å². The van der Waals surface area contributed by atoms with Crippen LogP contribution in [0.2, 0.25) is 0 Å². The fourth-order valence-corrected chi connectivity index (χ4v) is 1.91. The Morgan fingerprint density at radius 3 is 2.94 bits per heavy atom. The Morgan fingerprint density at radius 2 is 2.28 bits per heavy atom. The zero-order chi connectivity index (χ0) is 13.0. The molecule has 1 amide bonds. The molecule has 0 radical (unpaired) electrons. The minimum Gasteiger partial charge on any atom is -0.379 e. The monoisotopic (exact) mass is 311 g/mol. The first-order chi connectivity index (χ1) is 8.66. The fourth-order valence-electron chi connectivity index (χ4n) is 1.66. The Kier molecular flexibility index (Phi) is 4.78. The smallest absolute Gasteiger partial charge is 0.251 e. The van der Waals surface area contributed by atoms with Gasteiger partial charge in [0, 0.05) is 23.2 Å². The Bertz CT molecular complexity index is 430. The number of ether oxygens (including phenoxy) is 1. The van der Waals surface area contributed by atoms with E-state index in [0.29, 0.717) is 18.7 Å². The van der Waals surface area contributed by atoms with Crippen molar-refractivity contribution >= 4 is 21.8 Å². The van der Waals surface area contributed by atoms with Gasteiger partial charge >= 0.3 is 0 Å². The van der Waals surface area contributed by atoms with E-state index in [1.54, 1.807) is 0 Å². The minimum absolute atomic E-state index is 0.0411. The summed E-state index contributed by atoms with van der Waals surface area (Å²) in [5, 5.41) is 2.86. The van der Waals surface area contributed by atoms with Crippen molar-refractivity contribution in [2.24, 2.45) is 5.92 Å². The first-order valence-electron chi connectivity index (χ1n) is 6.29. The lowest BCUT2D eigenvalue weighted by Crippen LogP contribution is -2.27. The number of nitrogens with one attached hydrogen (secondary N) is 1. The highest BCUT2D eigenvalue weighted by atomic mass is 79.9. The van der Waals surface area contributed by atoms with E-state index in [2.05, 4.69) is 21.2 Å². The maximum Gasteiger partial charge on any atom is 0.251 e. The van der Waals surface area contributed by atoms with E-state index >= 15 is 0 Å². The summed E-state index contributed by atoms with van der Waals surface area (Å²) in [5.41, 5.74) is 1.76. The van der Waals surface area contributed by atoms with Gasteiger partial charge < -0.3 is 10.1 Å². The van der Waals surface area contributed by atoms with Gasteiger partial charge in [-0.05, 0) is 49.4 Å². The molecule has 1 aromatic carbocycles. The van der Waals surface area contributed by atoms with Gasteiger partial charge in [0.1, 0.15) is 0 Å². The van der Waals surface area contributed by atoms with Crippen LogP contribution in [0.15, 0.2) is 22.7 Å². The molecule has 1 aromatic rings. The van der Waals surface area contributed by atoms with Crippen LogP contribution < -0.4 is 5.32 Å². The molecule has 4 heteroatoms. The van der Waals surface area contributed by atoms with Crippen LogP contribution in [-0.4, -0.2) is 25.7 Å². The Balaban J connectivity index is 1.70. The largest absolute Gasteiger partial charge is 0.379 e. The zero-order valence-electron chi connectivity index (χ0n) is 10.5. The van der Waals surface area contributed by atoms with Gasteiger partial charge in [-0.15, -0.1) is 0 Å². The average Bonchev–Trinajstić information content (AvgIpc) is 3.16. The predicted octanol–water partition coefficient (Wildman–Crippen LogP) is 2.91. The predicted molar refractivity (Wildman–Crippen MR) is 74.8 cm³/mol. The molecule has 18 heavy (non-hydrogen) atoms. The van der Waals surface area contributed by atoms with Crippen molar-refractivity contribution in [3.8, 4) is 0 Å². The molecule has 0 aromatic heterocycles. The summed E-state index contributed by atoms with van der Waals surface area (Å²) in [5.74, 6) is 0.732. The highest BCUT2D eigenvalue weighted by Crippen LogP contribution is 2.28. The van der Waals surface area contributed by atoms with Crippen LogP contribution in [0.5, 0.6) is 0 Å². The van der Waals surface area contributed by atoms with Crippen molar-refractivity contribution in [1.82, 2.24) is 5.32 Å². The molecule has 1 N–H and O–H groups in total. The molecule has 2 rings (SSSR count). The molecule has 0 spiro atoms. The third-order valence-corrected chi connectivity index (χ3v) is 3.89. The van der Waals surface area contributed by atoms with Crippen LogP contribution in [0.25, 0.3) is 0 Å². The third-order valence-electron chi connectivity index (χ3n) is 3.00. The van der Waals surface area contributed by atoms with E-state index in [4.69, 9.17) is 4.74 Å². The van der Waals surface area contributed by atoms with Crippen molar-refractivity contribution in [2.75, 3.05) is 19.8 Å². The molecule has 0 heterocycles. The summed E-state index contributed by atoms with van der Waals surface area (Å²) in [6.45, 7) is 3.98. The van der Waals surface area contributed by atoms with Crippen molar-refractivity contribution in [1.29, 1.82) is 0 Å². The molecule has 1 aliphatic rings. The van der Waals surface area contributed by atoms with E-state index < -0.39 is 0 Å². The van der Waals surface area contributed by atoms with Crippen molar-refractivity contribution < 1.29 is 9.53 Å². The van der Waals surface area contributed by atoms with E-state index in [-0.39, 0.29) is 5.91 Å². The van der Waals surface area contributed by atoms with Gasteiger partial charge in [0.15, 0.2) is 0 Å². The maximum absolute atomic E-state index is 11.8. The molecule has 1 aliphatic carbocycles. The first kappa shape index (κ1) is 13.6. The number of carbonyl (C=O) groups excluding carboxylic acids is 1. The van der Waals surface area contributed by atoms with E-state index in [1.165, 1.54) is 12.8 Å². The molecular weight excluding hydrogens is 294 g/mol. The second-order valence-electron chi connectivity index (χ2n) is 4.74. The van der Waals surface area contributed by atoms with Gasteiger partial charge in [0.2, 0.25) is 0 Å². The zero-order valence-corrected chi connectivity index (χ0v) is 12.1. The molecule has 0 aliphatic heterocycles. The summed E-state index contributed by atoms with van der Waals surface area (Å²) < 4.78 is 6.48. The maximum atomic E-state index is 11.8. The fraction of sp³-hybridized carbons (Fsp3) is 0.500. The standard InChI is InChI=1S/C14H18BrNO2/c1-10-8-12(4-5-13(10)15)14(17)16-6-7-18-9-11-2-3-11/h4-5,8,11H,2-3,6-7,9H2,1H3,(H,16,17). The molecule has 1 fully saturated rings. The summed E-state index contributed by atoms with van der Waals surface area (Å²) in [6.07, 6.45) is 2.59. The summed E-state index contributed by atoms with van der Waals surface area (Å²) in [4.78, 5) is 11.8. The molecule has 0 bridgehead atoms. The van der Waals surface area contributed by atoms with Gasteiger partial charge in [0.25, 0.3) is 5.91 Å². The number of halogens is 1. The van der Waals surface area contributed by atoms with Gasteiger partial charge in [-0.1, -0.05) is 15.9 Å². The summed E-state index contributed by atoms with van der Waals surface area (Å²) in [6, 6.07) is 5.59. The topological polar surface area (TPSA) is 38.3 Å². The number of carbonyl (C=O) groups is 1. The van der Waals surface area contributed by atoms with Crippen LogP contribution in [0, 0.1) is 12.8 Å². The average molecular weight is 312 g/mol. The number of hydrogen-bond donors (Lipinski definition) is 1. The number of rotatable bonds is 6. The molecule has 0 atom stereocenters. The van der Waals surface area contributed by atoms with Gasteiger partial charge in [-0.3, -0.25) is 4.79 Å². The lowest BCUT2D eigenvalue weighted by molar-refractivity contribution is 0.0906. The molecular formula is C14H18BrNO2. The van der Waals surface area contributed by atoms with Crippen molar-refractivity contribution in [3.05, 3.63) is 33.8 Å². The highest BCUT2D eigenvalue weighted by Gasteiger charge is 2.20. The highest BCUT2D eigenvalue weighted by molar-refractivity contribution is 9.10. The lowest BCUT2D eigenvalue weighted by Gasteiger charge is -2.07. The quantitative estimate of drug-likeness (QED) is 0.820. The van der Waals surface area contributed by atoms with Crippen molar-refractivity contribution in [2.45, 2.75) is 19.8 Å². The Labute approximate surface area is 116 Å². The first-order valence-corrected chi connectivity index (χ1v) is 7.08. The van der Waals surface area contributed by atoms with E-state index in [1.807, 2.05) is 25.1 Å². The summed E-state index contributed by atoms with van der Waals surface area (Å²) >= 11 is 3.42. The van der Waals surface area contributed by atoms with Crippen LogP contribution in [0.1, 0.15) is 28.8 Å². The number of hydrogen-bond acceptors (Lipinski definition) is 2. The van der Waals surface area contributed by atoms with Crippen LogP contribution in [0.4, 0.5) is 0 Å². The molecule has 0 saturated heterocycles. The molecule has 1 saturated carbocycles. The second-order valence-corrected chi connectivity index (χ2v) is 5.59. The number of benzene rings is 1. The van der Waals surface area contributed by atoms with E-state index in [9.17, 15) is 4.79 Å². The Hall–Kier alpha value is -0.870. The SMILES string of the molecule is Cc1cc(C(=O)NCCOCC2CC2)ccc1Br. The normalized spacial score (nSPS) is 14.6. The van der Waals surface area contributed by atoms with Gasteiger partial charge in [-0.25, -0.2) is 0 Å². The lowest BCUT2D eigenvalue weighted by atomic mass is 10.1. The van der Waals surface area contributed by atoms with Gasteiger partial charge in [0.05, 0.1) is 6.61 Å². The van der Waals surface area contributed by atoms with Crippen LogP contribution >= 0.6 is 15.9 Å². The van der Waals surface area contributed by atoms with Crippen molar-refractivity contribution in [3.63, 3.8) is 0 Å². The second kappa shape index (κ2) is 6.34. The van der Waals surface area contributed by atoms with E-state index in [0.717, 1.165) is 22.6 Å².